The molecule has 2 nitrogen and oxygen atoms in total. The minimum atomic E-state index is 0.309. The van der Waals surface area contributed by atoms with Crippen LogP contribution in [0.2, 0.25) is 0 Å². The van der Waals surface area contributed by atoms with Crippen molar-refractivity contribution in [2.24, 2.45) is 0 Å². The third-order valence-electron chi connectivity index (χ3n) is 9.54. The second kappa shape index (κ2) is 11.9. The van der Waals surface area contributed by atoms with Gasteiger partial charge in [-0.05, 0) is 83.5 Å². The Labute approximate surface area is 271 Å². The van der Waals surface area contributed by atoms with Crippen LogP contribution in [0.25, 0.3) is 45.1 Å². The average Bonchev–Trinajstić information content (AvgIpc) is 3.66. The topological polar surface area (TPSA) is 8.17 Å². The fraction of sp³-hybridized carbons (Fsp3) is 0.136. The van der Waals surface area contributed by atoms with Crippen molar-refractivity contribution in [3.63, 3.8) is 0 Å². The van der Waals surface area contributed by atoms with Gasteiger partial charge in [-0.25, -0.2) is 0 Å². The van der Waals surface area contributed by atoms with E-state index in [-0.39, 0.29) is 0 Å². The van der Waals surface area contributed by atoms with Crippen molar-refractivity contribution in [1.29, 1.82) is 0 Å². The molecule has 1 aromatic heterocycles. The zero-order valence-electron chi connectivity index (χ0n) is 26.5. The van der Waals surface area contributed by atoms with Gasteiger partial charge in [0, 0.05) is 39.3 Å². The van der Waals surface area contributed by atoms with E-state index in [4.69, 9.17) is 0 Å². The molecular weight excluding hydrogens is 556 g/mol. The van der Waals surface area contributed by atoms with E-state index < -0.39 is 0 Å². The van der Waals surface area contributed by atoms with Crippen LogP contribution in [0.15, 0.2) is 146 Å². The SMILES string of the molecule is C1=CCCC(c2cccc(-n3c4c(c5ccccc53)=C3C(CC=4)c4ccccc4N3c3cccc(-c4ccccc4)c3)c2)=C1.CC. The summed E-state index contributed by atoms with van der Waals surface area (Å²) in [5.41, 5.74) is 13.0. The van der Waals surface area contributed by atoms with E-state index in [0.29, 0.717) is 5.92 Å². The second-order valence-corrected chi connectivity index (χ2v) is 12.0. The van der Waals surface area contributed by atoms with Crippen molar-refractivity contribution in [2.45, 2.75) is 39.0 Å². The molecule has 0 bridgehead atoms. The first-order chi connectivity index (χ1) is 22.8. The molecule has 0 N–H and O–H groups in total. The van der Waals surface area contributed by atoms with Gasteiger partial charge in [0.15, 0.2) is 0 Å². The zero-order chi connectivity index (χ0) is 31.0. The molecule has 1 atom stereocenters. The highest BCUT2D eigenvalue weighted by molar-refractivity contribution is 5.97. The summed E-state index contributed by atoms with van der Waals surface area (Å²) in [6.07, 6.45) is 12.4. The smallest absolute Gasteiger partial charge is 0.0541 e. The summed E-state index contributed by atoms with van der Waals surface area (Å²) in [4.78, 5) is 2.55. The molecule has 0 amide bonds. The molecular formula is C44H38N2. The molecule has 3 aliphatic rings. The van der Waals surface area contributed by atoms with Crippen molar-refractivity contribution in [3.05, 3.63) is 167 Å². The third-order valence-corrected chi connectivity index (χ3v) is 9.54. The standard InChI is InChI=1S/C42H32N2.C2H6/c1-3-13-29(14-4-1)31-17-11-19-33(27-31)43-39-24-10-8-22-37(39)41-40(43)26-25-36-35-21-7-9-23-38(35)44(42(36)41)34-20-12-18-32(28-34)30-15-5-2-6-16-30;1-2/h1-3,5-13,15-24,26-28,36H,4,14,25H2;1-2H3. The number of hydrogen-bond donors (Lipinski definition) is 0. The summed E-state index contributed by atoms with van der Waals surface area (Å²) in [5.74, 6) is 0.309. The highest BCUT2D eigenvalue weighted by atomic mass is 15.2. The predicted octanol–water partition coefficient (Wildman–Crippen LogP) is 10.3. The van der Waals surface area contributed by atoms with Crippen LogP contribution in [-0.4, -0.2) is 4.57 Å². The number of anilines is 2. The van der Waals surface area contributed by atoms with E-state index in [1.807, 2.05) is 13.8 Å². The number of allylic oxidation sites excluding steroid dienone is 4. The lowest BCUT2D eigenvalue weighted by molar-refractivity contribution is 0.895. The predicted molar refractivity (Wildman–Crippen MR) is 196 cm³/mol. The summed E-state index contributed by atoms with van der Waals surface area (Å²) in [5, 5.41) is 3.95. The molecule has 0 radical (unpaired) electrons. The number of benzene rings is 5. The van der Waals surface area contributed by atoms with Gasteiger partial charge < -0.3 is 9.47 Å². The van der Waals surface area contributed by atoms with E-state index in [1.54, 1.807) is 0 Å². The molecule has 0 spiro atoms. The van der Waals surface area contributed by atoms with Crippen molar-refractivity contribution in [1.82, 2.24) is 4.57 Å². The third kappa shape index (κ3) is 4.56. The number of rotatable bonds is 4. The Morgan fingerprint density at radius 3 is 2.22 bits per heavy atom. The highest BCUT2D eigenvalue weighted by Gasteiger charge is 2.37. The number of fused-ring (bicyclic) bond motifs is 6. The molecule has 9 rings (SSSR count). The normalized spacial score (nSPS) is 16.1. The van der Waals surface area contributed by atoms with E-state index in [1.165, 1.54) is 72.1 Å². The van der Waals surface area contributed by atoms with Gasteiger partial charge in [-0.3, -0.25) is 0 Å². The molecule has 224 valence electrons. The number of para-hydroxylation sites is 2. The van der Waals surface area contributed by atoms with Crippen LogP contribution in [0, 0.1) is 0 Å². The lowest BCUT2D eigenvalue weighted by Gasteiger charge is -2.25. The average molecular weight is 595 g/mol. The van der Waals surface area contributed by atoms with Crippen LogP contribution in [-0.2, 0) is 0 Å². The van der Waals surface area contributed by atoms with Crippen molar-refractivity contribution >= 4 is 39.6 Å². The van der Waals surface area contributed by atoms with Gasteiger partial charge in [0.25, 0.3) is 0 Å². The molecule has 2 heteroatoms. The molecule has 1 aliphatic heterocycles. The minimum absolute atomic E-state index is 0.309. The number of hydrogen-bond acceptors (Lipinski definition) is 1. The molecule has 5 aromatic carbocycles. The van der Waals surface area contributed by atoms with Crippen LogP contribution in [0.5, 0.6) is 0 Å². The Kier molecular flexibility index (Phi) is 7.27. The Morgan fingerprint density at radius 1 is 0.652 bits per heavy atom. The van der Waals surface area contributed by atoms with E-state index >= 15 is 0 Å². The van der Waals surface area contributed by atoms with Crippen molar-refractivity contribution < 1.29 is 0 Å². The first-order valence-corrected chi connectivity index (χ1v) is 16.7. The lowest BCUT2D eigenvalue weighted by atomic mass is 9.91. The van der Waals surface area contributed by atoms with E-state index in [9.17, 15) is 0 Å². The fourth-order valence-electron chi connectivity index (χ4n) is 7.59. The maximum Gasteiger partial charge on any atom is 0.0541 e. The molecule has 0 saturated carbocycles. The van der Waals surface area contributed by atoms with Gasteiger partial charge in [-0.1, -0.05) is 129 Å². The summed E-state index contributed by atoms with van der Waals surface area (Å²) in [6.45, 7) is 4.00. The quantitative estimate of drug-likeness (QED) is 0.197. The summed E-state index contributed by atoms with van der Waals surface area (Å²) in [7, 11) is 0. The van der Waals surface area contributed by atoms with Gasteiger partial charge in [0.05, 0.1) is 10.9 Å². The maximum absolute atomic E-state index is 2.55. The monoisotopic (exact) mass is 594 g/mol. The summed E-state index contributed by atoms with van der Waals surface area (Å²) < 4.78 is 2.50. The van der Waals surface area contributed by atoms with Crippen LogP contribution >= 0.6 is 0 Å². The van der Waals surface area contributed by atoms with Crippen LogP contribution in [0.4, 0.5) is 11.4 Å². The molecule has 1 unspecified atom stereocenters. The molecule has 46 heavy (non-hydrogen) atoms. The van der Waals surface area contributed by atoms with Gasteiger partial charge in [0.2, 0.25) is 0 Å². The van der Waals surface area contributed by atoms with E-state index in [0.717, 1.165) is 19.3 Å². The Hall–Kier alpha value is -5.34. The fourth-order valence-corrected chi connectivity index (χ4v) is 7.59. The molecule has 6 aromatic rings. The van der Waals surface area contributed by atoms with Crippen molar-refractivity contribution in [2.75, 3.05) is 4.90 Å². The van der Waals surface area contributed by atoms with E-state index in [2.05, 4.69) is 161 Å². The lowest BCUT2D eigenvalue weighted by Crippen LogP contribution is -2.37. The van der Waals surface area contributed by atoms with Gasteiger partial charge >= 0.3 is 0 Å². The molecule has 0 saturated heterocycles. The second-order valence-electron chi connectivity index (χ2n) is 12.0. The largest absolute Gasteiger partial charge is 0.313 e. The Morgan fingerprint density at radius 2 is 1.37 bits per heavy atom. The zero-order valence-corrected chi connectivity index (χ0v) is 26.5. The minimum Gasteiger partial charge on any atom is -0.313 e. The highest BCUT2D eigenvalue weighted by Crippen LogP contribution is 2.51. The molecule has 2 aliphatic carbocycles. The van der Waals surface area contributed by atoms with Crippen LogP contribution in [0.1, 0.15) is 50.2 Å². The van der Waals surface area contributed by atoms with Gasteiger partial charge in [-0.2, -0.15) is 0 Å². The first kappa shape index (κ1) is 28.2. The summed E-state index contributed by atoms with van der Waals surface area (Å²) >= 11 is 0. The van der Waals surface area contributed by atoms with Crippen LogP contribution in [0.3, 0.4) is 0 Å². The maximum atomic E-state index is 2.55. The number of aromatic nitrogens is 1. The van der Waals surface area contributed by atoms with Crippen molar-refractivity contribution in [3.8, 4) is 16.8 Å². The molecule has 2 heterocycles. The van der Waals surface area contributed by atoms with Crippen LogP contribution < -0.4 is 15.5 Å². The first-order valence-electron chi connectivity index (χ1n) is 16.7. The Bertz CT molecular complexity index is 2260. The van der Waals surface area contributed by atoms with Gasteiger partial charge in [-0.15, -0.1) is 0 Å². The number of nitrogens with zero attached hydrogens (tertiary/aromatic N) is 2. The van der Waals surface area contributed by atoms with Gasteiger partial charge in [0.1, 0.15) is 0 Å². The molecule has 0 fully saturated rings. The Balaban J connectivity index is 0.00000153. The summed E-state index contributed by atoms with van der Waals surface area (Å²) in [6, 6.07) is 46.9.